The maximum absolute atomic E-state index is 11.4. The first kappa shape index (κ1) is 19.4. The van der Waals surface area contributed by atoms with Gasteiger partial charge in [-0.2, -0.15) is 0 Å². The van der Waals surface area contributed by atoms with Gasteiger partial charge in [-0.3, -0.25) is 0 Å². The Morgan fingerprint density at radius 2 is 1.89 bits per heavy atom. The predicted octanol–water partition coefficient (Wildman–Crippen LogP) is 6.05. The van der Waals surface area contributed by atoms with Crippen molar-refractivity contribution in [3.63, 3.8) is 0 Å². The van der Waals surface area contributed by atoms with Crippen LogP contribution in [-0.2, 0) is 10.8 Å². The lowest BCUT2D eigenvalue weighted by molar-refractivity contribution is 0.0696. The number of thiazole rings is 1. The number of aryl methyl sites for hydroxylation is 1. The summed E-state index contributed by atoms with van der Waals surface area (Å²) in [4.78, 5) is 20.3. The zero-order chi connectivity index (χ0) is 20.3. The molecule has 1 heterocycles. The number of carboxylic acid groups (broad SMARTS) is 1. The first-order chi connectivity index (χ1) is 13.1. The molecule has 2 aromatic rings. The minimum absolute atomic E-state index is 0.105. The molecule has 1 N–H and O–H groups in total. The van der Waals surface area contributed by atoms with E-state index in [1.54, 1.807) is 6.07 Å². The Morgan fingerprint density at radius 3 is 2.46 bits per heavy atom. The fraction of sp³-hybridized carbons (Fsp3) is 0.565. The number of hydrogen-bond acceptors (Lipinski definition) is 4. The number of rotatable bonds is 5. The van der Waals surface area contributed by atoms with Gasteiger partial charge >= 0.3 is 5.97 Å². The van der Waals surface area contributed by atoms with E-state index >= 15 is 0 Å². The molecule has 2 aliphatic carbocycles. The van der Waals surface area contributed by atoms with Gasteiger partial charge in [0.15, 0.2) is 5.13 Å². The molecule has 0 saturated heterocycles. The third kappa shape index (κ3) is 3.45. The number of anilines is 2. The first-order valence-electron chi connectivity index (χ1n) is 10.2. The topological polar surface area (TPSA) is 53.4 Å². The normalized spacial score (nSPS) is 19.9. The molecular weight excluding hydrogens is 368 g/mol. The summed E-state index contributed by atoms with van der Waals surface area (Å²) in [5, 5.41) is 10.4. The lowest BCUT2D eigenvalue weighted by Gasteiger charge is -2.37. The molecular formula is C23H30N2O2S. The number of aromatic nitrogens is 1. The van der Waals surface area contributed by atoms with E-state index in [0.717, 1.165) is 29.3 Å². The molecule has 1 fully saturated rings. The number of carbonyl (C=O) groups is 1. The van der Waals surface area contributed by atoms with Gasteiger partial charge in [-0.15, -0.1) is 11.3 Å². The van der Waals surface area contributed by atoms with Crippen LogP contribution in [0.3, 0.4) is 0 Å². The molecule has 0 amide bonds. The van der Waals surface area contributed by atoms with Gasteiger partial charge in [-0.1, -0.05) is 27.7 Å². The van der Waals surface area contributed by atoms with Crippen molar-refractivity contribution in [2.24, 2.45) is 5.92 Å². The maximum atomic E-state index is 11.4. The first-order valence-corrected chi connectivity index (χ1v) is 11.0. The molecule has 0 radical (unpaired) electrons. The van der Waals surface area contributed by atoms with E-state index in [4.69, 9.17) is 4.98 Å². The highest BCUT2D eigenvalue weighted by molar-refractivity contribution is 7.16. The molecule has 2 aliphatic rings. The molecule has 4 nitrogen and oxygen atoms in total. The van der Waals surface area contributed by atoms with E-state index in [-0.39, 0.29) is 10.8 Å². The van der Waals surface area contributed by atoms with E-state index in [1.807, 2.05) is 30.4 Å². The zero-order valence-corrected chi connectivity index (χ0v) is 18.3. The largest absolute Gasteiger partial charge is 0.478 e. The average molecular weight is 399 g/mol. The molecule has 0 atom stereocenters. The number of fused-ring (bicyclic) bond motifs is 1. The summed E-state index contributed by atoms with van der Waals surface area (Å²) in [7, 11) is 0. The van der Waals surface area contributed by atoms with E-state index < -0.39 is 5.97 Å². The number of nitrogens with zero attached hydrogens (tertiary/aromatic N) is 2. The molecule has 0 spiro atoms. The van der Waals surface area contributed by atoms with Crippen molar-refractivity contribution in [1.82, 2.24) is 4.98 Å². The van der Waals surface area contributed by atoms with Crippen molar-refractivity contribution in [3.05, 3.63) is 39.9 Å². The third-order valence-electron chi connectivity index (χ3n) is 6.37. The smallest absolute Gasteiger partial charge is 0.335 e. The molecule has 5 heteroatoms. The quantitative estimate of drug-likeness (QED) is 0.666. The van der Waals surface area contributed by atoms with Crippen molar-refractivity contribution in [3.8, 4) is 0 Å². The molecule has 4 rings (SSSR count). The zero-order valence-electron chi connectivity index (χ0n) is 17.5. The van der Waals surface area contributed by atoms with Crippen LogP contribution in [0.2, 0.25) is 0 Å². The van der Waals surface area contributed by atoms with Gasteiger partial charge < -0.3 is 10.0 Å². The minimum atomic E-state index is -0.869. The van der Waals surface area contributed by atoms with Crippen molar-refractivity contribution in [2.75, 3.05) is 11.4 Å². The Hall–Kier alpha value is -1.88. The van der Waals surface area contributed by atoms with Gasteiger partial charge in [0.25, 0.3) is 0 Å². The van der Waals surface area contributed by atoms with E-state index in [2.05, 4.69) is 32.6 Å². The lowest BCUT2D eigenvalue weighted by atomic mass is 9.69. The van der Waals surface area contributed by atoms with Crippen LogP contribution in [0.5, 0.6) is 0 Å². The van der Waals surface area contributed by atoms with Gasteiger partial charge in [-0.05, 0) is 62.3 Å². The summed E-state index contributed by atoms with van der Waals surface area (Å²) in [5.74, 6) is -0.160. The van der Waals surface area contributed by atoms with E-state index in [0.29, 0.717) is 11.5 Å². The monoisotopic (exact) mass is 398 g/mol. The summed E-state index contributed by atoms with van der Waals surface area (Å²) in [6.07, 6.45) is 4.88. The summed E-state index contributed by atoms with van der Waals surface area (Å²) < 4.78 is 0. The maximum Gasteiger partial charge on any atom is 0.335 e. The average Bonchev–Trinajstić information content (AvgIpc) is 3.31. The molecule has 0 unspecified atom stereocenters. The second kappa shape index (κ2) is 6.58. The molecule has 150 valence electrons. The molecule has 1 aromatic carbocycles. The summed E-state index contributed by atoms with van der Waals surface area (Å²) >= 11 is 1.83. The Kier molecular flexibility index (Phi) is 4.57. The third-order valence-corrected chi connectivity index (χ3v) is 7.81. The Bertz CT molecular complexity index is 891. The Morgan fingerprint density at radius 1 is 1.21 bits per heavy atom. The van der Waals surface area contributed by atoms with Crippen LogP contribution in [0.1, 0.15) is 79.9 Å². The van der Waals surface area contributed by atoms with Crippen molar-refractivity contribution in [1.29, 1.82) is 0 Å². The van der Waals surface area contributed by atoms with Crippen LogP contribution >= 0.6 is 11.3 Å². The fourth-order valence-corrected chi connectivity index (χ4v) is 5.51. The summed E-state index contributed by atoms with van der Waals surface area (Å²) in [6.45, 7) is 12.1. The summed E-state index contributed by atoms with van der Waals surface area (Å²) in [6, 6.07) is 5.67. The van der Waals surface area contributed by atoms with E-state index in [9.17, 15) is 9.90 Å². The second-order valence-corrected chi connectivity index (χ2v) is 10.8. The number of carboxylic acids is 1. The van der Waals surface area contributed by atoms with Crippen LogP contribution in [0.25, 0.3) is 0 Å². The minimum Gasteiger partial charge on any atom is -0.478 e. The summed E-state index contributed by atoms with van der Waals surface area (Å²) in [5.41, 5.74) is 3.74. The lowest BCUT2D eigenvalue weighted by Crippen LogP contribution is -2.32. The van der Waals surface area contributed by atoms with E-state index in [1.165, 1.54) is 29.8 Å². The van der Waals surface area contributed by atoms with Gasteiger partial charge in [0.1, 0.15) is 0 Å². The van der Waals surface area contributed by atoms with Gasteiger partial charge in [-0.25, -0.2) is 9.78 Å². The van der Waals surface area contributed by atoms with Crippen molar-refractivity contribution < 1.29 is 9.90 Å². The van der Waals surface area contributed by atoms with Crippen LogP contribution < -0.4 is 4.90 Å². The number of hydrogen-bond donors (Lipinski definition) is 1. The van der Waals surface area contributed by atoms with Crippen molar-refractivity contribution >= 4 is 28.1 Å². The SMILES string of the molecule is Cc1cc(N(CC2CC2)c2nc3c(s2)C(C)(C)CCC3(C)C)ccc1C(=O)O. The number of benzene rings is 1. The van der Waals surface area contributed by atoms with Gasteiger partial charge in [0.05, 0.1) is 11.3 Å². The predicted molar refractivity (Wildman–Crippen MR) is 115 cm³/mol. The van der Waals surface area contributed by atoms with Gasteiger partial charge in [0, 0.05) is 27.9 Å². The second-order valence-electron chi connectivity index (χ2n) is 9.80. The molecule has 0 aliphatic heterocycles. The van der Waals surface area contributed by atoms with Crippen LogP contribution in [0.4, 0.5) is 10.8 Å². The van der Waals surface area contributed by atoms with Gasteiger partial charge in [0.2, 0.25) is 0 Å². The Balaban J connectivity index is 1.78. The highest BCUT2D eigenvalue weighted by Crippen LogP contribution is 2.50. The molecule has 28 heavy (non-hydrogen) atoms. The van der Waals surface area contributed by atoms with Crippen LogP contribution in [-0.4, -0.2) is 22.6 Å². The fourth-order valence-electron chi connectivity index (χ4n) is 4.11. The van der Waals surface area contributed by atoms with Crippen LogP contribution in [0, 0.1) is 12.8 Å². The Labute approximate surface area is 171 Å². The molecule has 0 bridgehead atoms. The molecule has 1 aromatic heterocycles. The highest BCUT2D eigenvalue weighted by Gasteiger charge is 2.41. The van der Waals surface area contributed by atoms with Crippen molar-refractivity contribution in [2.45, 2.75) is 71.1 Å². The highest BCUT2D eigenvalue weighted by atomic mass is 32.1. The number of aromatic carboxylic acids is 1. The standard InChI is InChI=1S/C23H30N2O2S/c1-14-12-16(8-9-17(14)20(26)27)25(13-15-6-7-15)21-24-18-19(28-21)23(4,5)11-10-22(18,2)3/h8-9,12,15H,6-7,10-11,13H2,1-5H3,(H,26,27). The van der Waals surface area contributed by atoms with Crippen LogP contribution in [0.15, 0.2) is 18.2 Å². The molecule has 1 saturated carbocycles.